The second-order valence-corrected chi connectivity index (χ2v) is 12.5. The van der Waals surface area contributed by atoms with Gasteiger partial charge in [-0.15, -0.1) is 0 Å². The molecule has 0 saturated carbocycles. The van der Waals surface area contributed by atoms with Gasteiger partial charge in [0.2, 0.25) is 0 Å². The molecule has 0 amide bonds. The standard InChI is InChI=1S/C38H32BNO2/c1-37(2)38(3,4)42-39(41-37)27-21-26(34-23-25-13-5-6-14-29(25)30-15-7-8-16-31(30)34)22-28(24-27)40-35-19-11-9-17-32(35)33-18-10-12-20-36(33)40/h5-24H,1-4H3. The molecule has 0 radical (unpaired) electrons. The van der Waals surface area contributed by atoms with E-state index in [1.807, 2.05) is 0 Å². The molecule has 0 N–H and O–H groups in total. The van der Waals surface area contributed by atoms with E-state index in [-0.39, 0.29) is 0 Å². The van der Waals surface area contributed by atoms with Crippen molar-refractivity contribution in [2.75, 3.05) is 0 Å². The molecule has 204 valence electrons. The van der Waals surface area contributed by atoms with E-state index in [0.717, 1.165) is 16.7 Å². The molecule has 8 rings (SSSR count). The lowest BCUT2D eigenvalue weighted by atomic mass is 9.77. The van der Waals surface area contributed by atoms with Gasteiger partial charge in [-0.3, -0.25) is 0 Å². The van der Waals surface area contributed by atoms with Crippen LogP contribution in [0, 0.1) is 0 Å². The Kier molecular flexibility index (Phi) is 5.47. The molecule has 6 aromatic carbocycles. The fourth-order valence-electron chi connectivity index (χ4n) is 6.53. The lowest BCUT2D eigenvalue weighted by molar-refractivity contribution is 0.00578. The molecule has 3 nitrogen and oxygen atoms in total. The van der Waals surface area contributed by atoms with Crippen molar-refractivity contribution in [3.05, 3.63) is 121 Å². The summed E-state index contributed by atoms with van der Waals surface area (Å²) in [4.78, 5) is 0. The second-order valence-electron chi connectivity index (χ2n) is 12.5. The van der Waals surface area contributed by atoms with Gasteiger partial charge in [0.25, 0.3) is 0 Å². The molecule has 0 atom stereocenters. The Morgan fingerprint density at radius 3 is 1.69 bits per heavy atom. The van der Waals surface area contributed by atoms with E-state index in [1.165, 1.54) is 48.9 Å². The second kappa shape index (κ2) is 9.06. The van der Waals surface area contributed by atoms with Gasteiger partial charge in [-0.2, -0.15) is 0 Å². The SMILES string of the molecule is CC1(C)OB(c2cc(-c3cc4ccccc4c4ccccc34)cc(-n3c4ccccc4c4ccccc43)c2)OC1(C)C. The van der Waals surface area contributed by atoms with Crippen LogP contribution in [-0.4, -0.2) is 22.9 Å². The average molecular weight is 545 g/mol. The zero-order chi connectivity index (χ0) is 28.6. The van der Waals surface area contributed by atoms with Gasteiger partial charge < -0.3 is 13.9 Å². The van der Waals surface area contributed by atoms with Gasteiger partial charge >= 0.3 is 7.12 Å². The van der Waals surface area contributed by atoms with Crippen LogP contribution < -0.4 is 5.46 Å². The van der Waals surface area contributed by atoms with Gasteiger partial charge in [-0.25, -0.2) is 0 Å². The fraction of sp³-hybridized carbons (Fsp3) is 0.158. The van der Waals surface area contributed by atoms with E-state index in [0.29, 0.717) is 0 Å². The molecule has 0 spiro atoms. The molecule has 1 aliphatic rings. The van der Waals surface area contributed by atoms with Crippen LogP contribution in [-0.2, 0) is 9.31 Å². The Hall–Kier alpha value is -4.38. The van der Waals surface area contributed by atoms with E-state index >= 15 is 0 Å². The lowest BCUT2D eigenvalue weighted by Gasteiger charge is -2.32. The Balaban J connectivity index is 1.45. The summed E-state index contributed by atoms with van der Waals surface area (Å²) < 4.78 is 15.6. The molecule has 4 heteroatoms. The van der Waals surface area contributed by atoms with Gasteiger partial charge in [-0.1, -0.05) is 91.0 Å². The van der Waals surface area contributed by atoms with E-state index in [4.69, 9.17) is 9.31 Å². The van der Waals surface area contributed by atoms with Crippen LogP contribution >= 0.6 is 0 Å². The number of para-hydroxylation sites is 2. The number of benzene rings is 6. The van der Waals surface area contributed by atoms with Crippen LogP contribution in [0.3, 0.4) is 0 Å². The molecule has 1 fully saturated rings. The minimum Gasteiger partial charge on any atom is -0.399 e. The van der Waals surface area contributed by atoms with E-state index in [9.17, 15) is 0 Å². The van der Waals surface area contributed by atoms with Crippen molar-refractivity contribution < 1.29 is 9.31 Å². The number of hydrogen-bond acceptors (Lipinski definition) is 2. The van der Waals surface area contributed by atoms with E-state index < -0.39 is 18.3 Å². The monoisotopic (exact) mass is 545 g/mol. The third kappa shape index (κ3) is 3.76. The maximum atomic E-state index is 6.61. The zero-order valence-corrected chi connectivity index (χ0v) is 24.4. The molecule has 1 saturated heterocycles. The third-order valence-electron chi connectivity index (χ3n) is 9.38. The summed E-state index contributed by atoms with van der Waals surface area (Å²) in [6, 6.07) is 43.9. The fourth-order valence-corrected chi connectivity index (χ4v) is 6.53. The molecule has 2 heterocycles. The molecule has 0 aliphatic carbocycles. The van der Waals surface area contributed by atoms with Gasteiger partial charge in [0.1, 0.15) is 0 Å². The molecular formula is C38H32BNO2. The highest BCUT2D eigenvalue weighted by atomic mass is 16.7. The van der Waals surface area contributed by atoms with Crippen LogP contribution in [0.1, 0.15) is 27.7 Å². The van der Waals surface area contributed by atoms with Crippen molar-refractivity contribution in [1.82, 2.24) is 4.57 Å². The quantitative estimate of drug-likeness (QED) is 0.163. The molecule has 0 bridgehead atoms. The first-order chi connectivity index (χ1) is 20.3. The Labute approximate surface area is 246 Å². The number of nitrogens with zero attached hydrogens (tertiary/aromatic N) is 1. The van der Waals surface area contributed by atoms with Crippen molar-refractivity contribution in [3.8, 4) is 16.8 Å². The summed E-state index contributed by atoms with van der Waals surface area (Å²) in [6.07, 6.45) is 0. The normalized spacial score (nSPS) is 16.2. The van der Waals surface area contributed by atoms with Crippen molar-refractivity contribution in [3.63, 3.8) is 0 Å². The van der Waals surface area contributed by atoms with Crippen LogP contribution in [0.4, 0.5) is 0 Å². The summed E-state index contributed by atoms with van der Waals surface area (Å²) in [7, 11) is -0.478. The Bertz CT molecular complexity index is 2100. The summed E-state index contributed by atoms with van der Waals surface area (Å²) in [5, 5.41) is 7.46. The minimum absolute atomic E-state index is 0.434. The van der Waals surface area contributed by atoms with E-state index in [1.54, 1.807) is 0 Å². The van der Waals surface area contributed by atoms with Crippen LogP contribution in [0.5, 0.6) is 0 Å². The third-order valence-corrected chi connectivity index (χ3v) is 9.38. The Morgan fingerprint density at radius 1 is 0.524 bits per heavy atom. The minimum atomic E-state index is -0.478. The maximum absolute atomic E-state index is 6.61. The topological polar surface area (TPSA) is 23.4 Å². The maximum Gasteiger partial charge on any atom is 0.494 e. The average Bonchev–Trinajstić information content (AvgIpc) is 3.45. The predicted octanol–water partition coefficient (Wildman–Crippen LogP) is 9.06. The van der Waals surface area contributed by atoms with Crippen molar-refractivity contribution in [2.45, 2.75) is 38.9 Å². The number of aromatic nitrogens is 1. The summed E-state index contributed by atoms with van der Waals surface area (Å²) in [5.41, 5.74) is 5.93. The molecule has 0 unspecified atom stereocenters. The number of fused-ring (bicyclic) bond motifs is 6. The highest BCUT2D eigenvalue weighted by Gasteiger charge is 2.51. The molecule has 1 aliphatic heterocycles. The van der Waals surface area contributed by atoms with E-state index in [2.05, 4.69) is 154 Å². The molecule has 42 heavy (non-hydrogen) atoms. The highest BCUT2D eigenvalue weighted by Crippen LogP contribution is 2.40. The first-order valence-corrected chi connectivity index (χ1v) is 14.7. The summed E-state index contributed by atoms with van der Waals surface area (Å²) in [6.45, 7) is 8.45. The highest BCUT2D eigenvalue weighted by molar-refractivity contribution is 6.62. The predicted molar refractivity (Wildman–Crippen MR) is 177 cm³/mol. The van der Waals surface area contributed by atoms with Crippen molar-refractivity contribution in [1.29, 1.82) is 0 Å². The summed E-state index contributed by atoms with van der Waals surface area (Å²) in [5.74, 6) is 0. The number of hydrogen-bond donors (Lipinski definition) is 0. The largest absolute Gasteiger partial charge is 0.494 e. The van der Waals surface area contributed by atoms with Crippen molar-refractivity contribution >= 4 is 55.9 Å². The van der Waals surface area contributed by atoms with Crippen LogP contribution in [0.25, 0.3) is 60.2 Å². The van der Waals surface area contributed by atoms with Gasteiger partial charge in [0.15, 0.2) is 0 Å². The smallest absolute Gasteiger partial charge is 0.399 e. The molecular weight excluding hydrogens is 513 g/mol. The Morgan fingerprint density at radius 2 is 1.05 bits per heavy atom. The summed E-state index contributed by atoms with van der Waals surface area (Å²) >= 11 is 0. The van der Waals surface area contributed by atoms with Crippen LogP contribution in [0.15, 0.2) is 121 Å². The zero-order valence-electron chi connectivity index (χ0n) is 24.4. The van der Waals surface area contributed by atoms with Gasteiger partial charge in [0, 0.05) is 16.5 Å². The van der Waals surface area contributed by atoms with Crippen molar-refractivity contribution in [2.24, 2.45) is 0 Å². The first-order valence-electron chi connectivity index (χ1n) is 14.7. The van der Waals surface area contributed by atoms with Gasteiger partial charge in [-0.05, 0) is 96.2 Å². The lowest BCUT2D eigenvalue weighted by Crippen LogP contribution is -2.41. The van der Waals surface area contributed by atoms with Crippen LogP contribution in [0.2, 0.25) is 0 Å². The molecule has 7 aromatic rings. The molecule has 1 aromatic heterocycles. The first kappa shape index (κ1) is 25.3. The number of rotatable bonds is 3. The van der Waals surface area contributed by atoms with Gasteiger partial charge in [0.05, 0.1) is 22.2 Å².